The molecule has 1 atom stereocenters. The average molecular weight is 318 g/mol. The molecular formula is C14H19N6OP. The number of nitrogens with one attached hydrogen (secondary N) is 3. The lowest BCUT2D eigenvalue weighted by Gasteiger charge is -2.19. The van der Waals surface area contributed by atoms with Gasteiger partial charge in [0.2, 0.25) is 11.9 Å². The van der Waals surface area contributed by atoms with Gasteiger partial charge in [-0.25, -0.2) is 0 Å². The number of hydrogen-bond donors (Lipinski definition) is 3. The number of aryl methyl sites for hydroxylation is 1. The number of hydrogen-bond acceptors (Lipinski definition) is 5. The van der Waals surface area contributed by atoms with E-state index < -0.39 is 7.44 Å². The minimum atomic E-state index is -3.04. The molecule has 0 aliphatic rings. The summed E-state index contributed by atoms with van der Waals surface area (Å²) in [5.74, 6) is 1.19. The van der Waals surface area contributed by atoms with E-state index in [9.17, 15) is 4.57 Å². The first-order chi connectivity index (χ1) is 10.6. The normalized spacial score (nSPS) is 13.2. The molecule has 22 heavy (non-hydrogen) atoms. The molecule has 0 bridgehead atoms. The Bertz CT molecular complexity index is 691. The van der Waals surface area contributed by atoms with Crippen LogP contribution < -0.4 is 20.8 Å². The Labute approximate surface area is 129 Å². The molecule has 0 spiro atoms. The highest BCUT2D eigenvalue weighted by atomic mass is 31.2. The fourth-order valence-corrected chi connectivity index (χ4v) is 3.28. The quantitative estimate of drug-likeness (QED) is 0.530. The van der Waals surface area contributed by atoms with E-state index >= 15 is 0 Å². The highest BCUT2D eigenvalue weighted by molar-refractivity contribution is 7.71. The molecule has 1 unspecified atom stereocenters. The molecule has 2 aromatic rings. The summed E-state index contributed by atoms with van der Waals surface area (Å²) in [5.41, 5.74) is 0. The molecule has 0 radical (unpaired) electrons. The molecule has 1 heterocycles. The van der Waals surface area contributed by atoms with Crippen molar-refractivity contribution >= 4 is 24.6 Å². The minimum Gasteiger partial charge on any atom is -0.351 e. The van der Waals surface area contributed by atoms with Crippen LogP contribution in [-0.4, -0.2) is 28.5 Å². The van der Waals surface area contributed by atoms with E-state index in [1.807, 2.05) is 18.2 Å². The zero-order valence-electron chi connectivity index (χ0n) is 12.6. The van der Waals surface area contributed by atoms with Gasteiger partial charge in [-0.1, -0.05) is 24.3 Å². The van der Waals surface area contributed by atoms with Crippen molar-refractivity contribution in [2.24, 2.45) is 0 Å². The van der Waals surface area contributed by atoms with Crippen molar-refractivity contribution < 1.29 is 4.57 Å². The number of aromatic nitrogens is 3. The van der Waals surface area contributed by atoms with Crippen molar-refractivity contribution in [3.05, 3.63) is 48.8 Å². The largest absolute Gasteiger partial charge is 0.351 e. The molecule has 8 heteroatoms. The summed E-state index contributed by atoms with van der Waals surface area (Å²) in [5, 5.41) is 9.37. The number of benzene rings is 1. The van der Waals surface area contributed by atoms with Crippen molar-refractivity contribution in [3.8, 4) is 0 Å². The third-order valence-corrected chi connectivity index (χ3v) is 5.01. The second kappa shape index (κ2) is 7.15. The zero-order chi connectivity index (χ0) is 16.0. The van der Waals surface area contributed by atoms with Gasteiger partial charge in [0, 0.05) is 11.8 Å². The van der Waals surface area contributed by atoms with Crippen molar-refractivity contribution in [2.75, 3.05) is 24.0 Å². The summed E-state index contributed by atoms with van der Waals surface area (Å²) in [7, 11) is -1.41. The van der Waals surface area contributed by atoms with Crippen LogP contribution in [0.1, 0.15) is 5.82 Å². The van der Waals surface area contributed by atoms with E-state index in [0.717, 1.165) is 0 Å². The topological polar surface area (TPSA) is 91.8 Å². The summed E-state index contributed by atoms with van der Waals surface area (Å²) in [4.78, 5) is 12.6. The van der Waals surface area contributed by atoms with Crippen LogP contribution in [0.15, 0.2) is 43.0 Å². The van der Waals surface area contributed by atoms with Crippen LogP contribution in [0.2, 0.25) is 0 Å². The van der Waals surface area contributed by atoms with E-state index in [4.69, 9.17) is 0 Å². The molecule has 0 saturated carbocycles. The number of nitrogens with zero attached hydrogens (tertiary/aromatic N) is 3. The van der Waals surface area contributed by atoms with E-state index in [1.54, 1.807) is 32.2 Å². The van der Waals surface area contributed by atoms with Crippen molar-refractivity contribution in [1.82, 2.24) is 20.0 Å². The van der Waals surface area contributed by atoms with Gasteiger partial charge in [0.25, 0.3) is 7.44 Å². The Hall–Kier alpha value is -2.24. The molecule has 0 saturated heterocycles. The predicted octanol–water partition coefficient (Wildman–Crippen LogP) is 1.93. The Morgan fingerprint density at radius 2 is 1.86 bits per heavy atom. The van der Waals surface area contributed by atoms with Crippen molar-refractivity contribution in [1.29, 1.82) is 0 Å². The van der Waals surface area contributed by atoms with E-state index in [0.29, 0.717) is 23.6 Å². The van der Waals surface area contributed by atoms with E-state index in [-0.39, 0.29) is 5.95 Å². The maximum absolute atomic E-state index is 13.0. The molecule has 0 amide bonds. The molecule has 0 aliphatic heterocycles. The molecule has 0 aliphatic carbocycles. The van der Waals surface area contributed by atoms with Crippen molar-refractivity contribution in [2.45, 2.75) is 6.92 Å². The summed E-state index contributed by atoms with van der Waals surface area (Å²) >= 11 is 0. The zero-order valence-corrected chi connectivity index (χ0v) is 13.5. The van der Waals surface area contributed by atoms with Gasteiger partial charge < -0.3 is 5.32 Å². The SMILES string of the molecule is C=CCNc1nc(C)nc(NP(=O)(NC)c2ccccc2)n1. The number of anilines is 2. The summed E-state index contributed by atoms with van der Waals surface area (Å²) in [6, 6.07) is 9.10. The third kappa shape index (κ3) is 3.90. The first kappa shape index (κ1) is 16.1. The molecule has 2 rings (SSSR count). The average Bonchev–Trinajstić information content (AvgIpc) is 2.53. The van der Waals surface area contributed by atoms with Gasteiger partial charge in [-0.15, -0.1) is 6.58 Å². The highest BCUT2D eigenvalue weighted by Gasteiger charge is 2.23. The van der Waals surface area contributed by atoms with Crippen LogP contribution in [0.4, 0.5) is 11.9 Å². The standard InChI is InChI=1S/C14H19N6OP/c1-4-10-16-13-17-11(2)18-14(19-13)20-22(21,15-3)12-8-6-5-7-9-12/h4-9H,1,10H2,2-3H3,(H3,15,16,17,18,19,20,21). The summed E-state index contributed by atoms with van der Waals surface area (Å²) in [6.07, 6.45) is 1.70. The van der Waals surface area contributed by atoms with Gasteiger partial charge in [-0.05, 0) is 26.1 Å². The highest BCUT2D eigenvalue weighted by Crippen LogP contribution is 2.38. The fourth-order valence-electron chi connectivity index (χ4n) is 1.80. The summed E-state index contributed by atoms with van der Waals surface area (Å²) < 4.78 is 13.0. The van der Waals surface area contributed by atoms with Crippen LogP contribution >= 0.6 is 7.44 Å². The van der Waals surface area contributed by atoms with E-state index in [2.05, 4.69) is 37.0 Å². The Kier molecular flexibility index (Phi) is 5.25. The minimum absolute atomic E-state index is 0.251. The molecule has 1 aromatic carbocycles. The maximum Gasteiger partial charge on any atom is 0.266 e. The first-order valence-electron chi connectivity index (χ1n) is 6.78. The fraction of sp³-hybridized carbons (Fsp3) is 0.214. The lowest BCUT2D eigenvalue weighted by atomic mass is 10.4. The first-order valence-corrected chi connectivity index (χ1v) is 8.48. The Balaban J connectivity index is 2.30. The number of rotatable bonds is 7. The molecule has 3 N–H and O–H groups in total. The molecule has 1 aromatic heterocycles. The third-order valence-electron chi connectivity index (χ3n) is 2.84. The second-order valence-electron chi connectivity index (χ2n) is 4.48. The van der Waals surface area contributed by atoms with Crippen LogP contribution in [0.3, 0.4) is 0 Å². The van der Waals surface area contributed by atoms with Crippen molar-refractivity contribution in [3.63, 3.8) is 0 Å². The lowest BCUT2D eigenvalue weighted by molar-refractivity contribution is 0.579. The second-order valence-corrected chi connectivity index (χ2v) is 6.89. The van der Waals surface area contributed by atoms with Gasteiger partial charge in [-0.2, -0.15) is 15.0 Å². The summed E-state index contributed by atoms with van der Waals surface area (Å²) in [6.45, 7) is 5.91. The lowest BCUT2D eigenvalue weighted by Crippen LogP contribution is -2.23. The van der Waals surface area contributed by atoms with Gasteiger partial charge in [0.15, 0.2) is 0 Å². The van der Waals surface area contributed by atoms with E-state index in [1.165, 1.54) is 0 Å². The van der Waals surface area contributed by atoms with Gasteiger partial charge in [0.05, 0.1) is 0 Å². The van der Waals surface area contributed by atoms with Gasteiger partial charge in [-0.3, -0.25) is 14.7 Å². The molecular weight excluding hydrogens is 299 g/mol. The van der Waals surface area contributed by atoms with Gasteiger partial charge >= 0.3 is 0 Å². The van der Waals surface area contributed by atoms with Crippen LogP contribution in [-0.2, 0) is 4.57 Å². The molecule has 116 valence electrons. The maximum atomic E-state index is 13.0. The van der Waals surface area contributed by atoms with Crippen LogP contribution in [0, 0.1) is 6.92 Å². The Morgan fingerprint density at radius 1 is 1.18 bits per heavy atom. The Morgan fingerprint density at radius 3 is 2.50 bits per heavy atom. The monoisotopic (exact) mass is 318 g/mol. The smallest absolute Gasteiger partial charge is 0.266 e. The van der Waals surface area contributed by atoms with Gasteiger partial charge in [0.1, 0.15) is 5.82 Å². The molecule has 7 nitrogen and oxygen atoms in total. The van der Waals surface area contributed by atoms with Crippen LogP contribution in [0.25, 0.3) is 0 Å². The molecule has 0 fully saturated rings. The predicted molar refractivity (Wildman–Crippen MR) is 89.6 cm³/mol. The van der Waals surface area contributed by atoms with Crippen LogP contribution in [0.5, 0.6) is 0 Å².